The Labute approximate surface area is 162 Å². The van der Waals surface area contributed by atoms with Crippen molar-refractivity contribution < 1.29 is 18.4 Å². The van der Waals surface area contributed by atoms with Crippen LogP contribution in [0.1, 0.15) is 18.9 Å². The summed E-state index contributed by atoms with van der Waals surface area (Å²) in [5.74, 6) is -0.786. The molecule has 3 aromatic heterocycles. The van der Waals surface area contributed by atoms with E-state index >= 15 is 0 Å². The number of ether oxygens (including phenoxy) is 1. The molecule has 4 aromatic rings. The molecule has 0 radical (unpaired) electrons. The van der Waals surface area contributed by atoms with Crippen LogP contribution in [0.4, 0.5) is 0 Å². The summed E-state index contributed by atoms with van der Waals surface area (Å²) in [5.41, 5.74) is 0.632. The molecule has 10 heteroatoms. The van der Waals surface area contributed by atoms with Crippen LogP contribution < -0.4 is 5.76 Å². The molecule has 0 fully saturated rings. The SMILES string of the molecule is C[C@H](OC(=O)Cn1nc(-c2ccccc2)oc1=O)c1nnc(-c2cccs2)o1. The highest BCUT2D eigenvalue weighted by molar-refractivity contribution is 7.13. The molecule has 0 saturated carbocycles. The van der Waals surface area contributed by atoms with E-state index in [1.807, 2.05) is 23.6 Å². The quantitative estimate of drug-likeness (QED) is 0.456. The van der Waals surface area contributed by atoms with Gasteiger partial charge in [-0.1, -0.05) is 24.3 Å². The molecule has 0 aliphatic rings. The lowest BCUT2D eigenvalue weighted by Crippen LogP contribution is -2.23. The molecule has 0 N–H and O–H groups in total. The van der Waals surface area contributed by atoms with Gasteiger partial charge in [-0.2, -0.15) is 4.68 Å². The second kappa shape index (κ2) is 7.61. The molecule has 3 heterocycles. The molecular formula is C18H14N4O5S. The summed E-state index contributed by atoms with van der Waals surface area (Å²) in [5, 5.41) is 13.8. The van der Waals surface area contributed by atoms with Crippen molar-refractivity contribution in [1.82, 2.24) is 20.0 Å². The molecule has 9 nitrogen and oxygen atoms in total. The van der Waals surface area contributed by atoms with E-state index in [9.17, 15) is 9.59 Å². The first-order valence-corrected chi connectivity index (χ1v) is 9.18. The molecule has 1 atom stereocenters. The third-order valence-electron chi connectivity index (χ3n) is 3.73. The highest BCUT2D eigenvalue weighted by atomic mass is 32.1. The zero-order chi connectivity index (χ0) is 19.5. The smallest absolute Gasteiger partial charge is 0.437 e. The van der Waals surface area contributed by atoms with Gasteiger partial charge in [0.25, 0.3) is 11.8 Å². The fraction of sp³-hybridized carbons (Fsp3) is 0.167. The molecule has 142 valence electrons. The fourth-order valence-corrected chi connectivity index (χ4v) is 3.05. The van der Waals surface area contributed by atoms with Crippen LogP contribution in [-0.2, 0) is 16.1 Å². The Bertz CT molecular complexity index is 1130. The van der Waals surface area contributed by atoms with Crippen LogP contribution in [0.5, 0.6) is 0 Å². The van der Waals surface area contributed by atoms with E-state index in [4.69, 9.17) is 13.6 Å². The van der Waals surface area contributed by atoms with Crippen LogP contribution in [0.3, 0.4) is 0 Å². The van der Waals surface area contributed by atoms with Crippen LogP contribution in [0.15, 0.2) is 61.5 Å². The van der Waals surface area contributed by atoms with Gasteiger partial charge in [0.2, 0.25) is 5.89 Å². The summed E-state index contributed by atoms with van der Waals surface area (Å²) in [7, 11) is 0. The maximum atomic E-state index is 12.2. The monoisotopic (exact) mass is 398 g/mol. The molecule has 0 unspecified atom stereocenters. The first kappa shape index (κ1) is 17.9. The second-order valence-corrected chi connectivity index (χ2v) is 6.70. The first-order valence-electron chi connectivity index (χ1n) is 8.30. The lowest BCUT2D eigenvalue weighted by atomic mass is 10.2. The van der Waals surface area contributed by atoms with Crippen LogP contribution in [0.25, 0.3) is 22.2 Å². The summed E-state index contributed by atoms with van der Waals surface area (Å²) >= 11 is 1.46. The average Bonchev–Trinajstić information content (AvgIpc) is 3.43. The minimum Gasteiger partial charge on any atom is -0.451 e. The number of benzene rings is 1. The molecule has 0 spiro atoms. The predicted octanol–water partition coefficient (Wildman–Crippen LogP) is 2.92. The van der Waals surface area contributed by atoms with Crippen LogP contribution in [0, 0.1) is 0 Å². The van der Waals surface area contributed by atoms with E-state index < -0.39 is 24.4 Å². The number of carbonyl (C=O) groups excluding carboxylic acids is 1. The van der Waals surface area contributed by atoms with Gasteiger partial charge in [0.15, 0.2) is 6.10 Å². The number of esters is 1. The van der Waals surface area contributed by atoms with Crippen molar-refractivity contribution in [2.75, 3.05) is 0 Å². The van der Waals surface area contributed by atoms with Gasteiger partial charge >= 0.3 is 11.7 Å². The van der Waals surface area contributed by atoms with Gasteiger partial charge in [0, 0.05) is 5.56 Å². The Morgan fingerprint density at radius 1 is 1.14 bits per heavy atom. The lowest BCUT2D eigenvalue weighted by molar-refractivity contribution is -0.150. The van der Waals surface area contributed by atoms with Crippen molar-refractivity contribution >= 4 is 17.3 Å². The van der Waals surface area contributed by atoms with Crippen molar-refractivity contribution in [2.45, 2.75) is 19.6 Å². The number of hydrogen-bond acceptors (Lipinski definition) is 9. The van der Waals surface area contributed by atoms with E-state index in [2.05, 4.69) is 15.3 Å². The van der Waals surface area contributed by atoms with Gasteiger partial charge in [0.1, 0.15) is 6.54 Å². The van der Waals surface area contributed by atoms with Crippen LogP contribution in [0.2, 0.25) is 0 Å². The highest BCUT2D eigenvalue weighted by Crippen LogP contribution is 2.25. The molecule has 4 rings (SSSR count). The molecular weight excluding hydrogens is 384 g/mol. The Kier molecular flexibility index (Phi) is 4.85. The van der Waals surface area contributed by atoms with Gasteiger partial charge in [-0.25, -0.2) is 4.79 Å². The predicted molar refractivity (Wildman–Crippen MR) is 98.3 cm³/mol. The minimum absolute atomic E-state index is 0.129. The van der Waals surface area contributed by atoms with Gasteiger partial charge < -0.3 is 13.6 Å². The van der Waals surface area contributed by atoms with E-state index in [0.29, 0.717) is 11.5 Å². The number of hydrogen-bond donors (Lipinski definition) is 0. The number of aromatic nitrogens is 4. The molecule has 0 saturated heterocycles. The summed E-state index contributed by atoms with van der Waals surface area (Å²) in [4.78, 5) is 24.9. The standard InChI is InChI=1S/C18H14N4O5S/c1-11(15-19-20-17(26-15)13-8-5-9-28-13)25-14(23)10-22-18(24)27-16(21-22)12-6-3-2-4-7-12/h2-9,11H,10H2,1H3/t11-/m0/s1. The van der Waals surface area contributed by atoms with Crippen molar-refractivity contribution in [3.63, 3.8) is 0 Å². The normalized spacial score (nSPS) is 12.0. The Balaban J connectivity index is 1.42. The zero-order valence-corrected chi connectivity index (χ0v) is 15.5. The lowest BCUT2D eigenvalue weighted by Gasteiger charge is -2.08. The van der Waals surface area contributed by atoms with E-state index in [0.717, 1.165) is 9.56 Å². The molecule has 0 aliphatic heterocycles. The molecule has 0 bridgehead atoms. The number of nitrogens with zero attached hydrogens (tertiary/aromatic N) is 4. The summed E-state index contributed by atoms with van der Waals surface area (Å²) in [6.45, 7) is 1.20. The zero-order valence-electron chi connectivity index (χ0n) is 14.6. The number of carbonyl (C=O) groups is 1. The van der Waals surface area contributed by atoms with Gasteiger partial charge in [-0.3, -0.25) is 4.79 Å². The third kappa shape index (κ3) is 3.76. The van der Waals surface area contributed by atoms with Gasteiger partial charge in [0.05, 0.1) is 4.88 Å². The number of thiophene rings is 1. The van der Waals surface area contributed by atoms with Crippen molar-refractivity contribution in [3.8, 4) is 22.2 Å². The second-order valence-electron chi connectivity index (χ2n) is 5.75. The van der Waals surface area contributed by atoms with E-state index in [-0.39, 0.29) is 11.8 Å². The van der Waals surface area contributed by atoms with Crippen molar-refractivity contribution in [1.29, 1.82) is 0 Å². The largest absolute Gasteiger partial charge is 0.451 e. The summed E-state index contributed by atoms with van der Waals surface area (Å²) in [6.07, 6.45) is -0.773. The Hall–Kier alpha value is -3.53. The molecule has 28 heavy (non-hydrogen) atoms. The Morgan fingerprint density at radius 3 is 2.71 bits per heavy atom. The van der Waals surface area contributed by atoms with Crippen LogP contribution >= 0.6 is 11.3 Å². The van der Waals surface area contributed by atoms with Crippen molar-refractivity contribution in [2.24, 2.45) is 0 Å². The van der Waals surface area contributed by atoms with Crippen molar-refractivity contribution in [3.05, 3.63) is 64.3 Å². The third-order valence-corrected chi connectivity index (χ3v) is 4.59. The maximum Gasteiger partial charge on any atom is 0.437 e. The van der Waals surface area contributed by atoms with E-state index in [1.54, 1.807) is 31.2 Å². The first-order chi connectivity index (χ1) is 13.6. The molecule has 0 aliphatic carbocycles. The highest BCUT2D eigenvalue weighted by Gasteiger charge is 2.21. The topological polar surface area (TPSA) is 113 Å². The average molecular weight is 398 g/mol. The molecule has 0 amide bonds. The van der Waals surface area contributed by atoms with E-state index in [1.165, 1.54) is 11.3 Å². The maximum absolute atomic E-state index is 12.2. The Morgan fingerprint density at radius 2 is 1.96 bits per heavy atom. The molecule has 1 aromatic carbocycles. The summed E-state index contributed by atoms with van der Waals surface area (Å²) < 4.78 is 16.8. The summed E-state index contributed by atoms with van der Waals surface area (Å²) in [6, 6.07) is 12.6. The van der Waals surface area contributed by atoms with Crippen LogP contribution in [-0.4, -0.2) is 25.9 Å². The fourth-order valence-electron chi connectivity index (χ4n) is 2.41. The van der Waals surface area contributed by atoms with Gasteiger partial charge in [-0.15, -0.1) is 26.6 Å². The minimum atomic E-state index is -0.773. The number of rotatable bonds is 6. The van der Waals surface area contributed by atoms with Gasteiger partial charge in [-0.05, 0) is 30.5 Å².